The quantitative estimate of drug-likeness (QED) is 0.859. The van der Waals surface area contributed by atoms with E-state index in [-0.39, 0.29) is 0 Å². The summed E-state index contributed by atoms with van der Waals surface area (Å²) in [5, 5.41) is 13.8. The maximum atomic E-state index is 9.44. The summed E-state index contributed by atoms with van der Waals surface area (Å²) in [6.07, 6.45) is 0. The zero-order valence-electron chi connectivity index (χ0n) is 11.9. The van der Waals surface area contributed by atoms with Crippen LogP contribution in [0.4, 0.5) is 5.82 Å². The number of anilines is 1. The molecular weight excluding hydrogens is 248 g/mol. The molecule has 0 saturated carbocycles. The predicted molar refractivity (Wildman–Crippen MR) is 81.0 cm³/mol. The van der Waals surface area contributed by atoms with Gasteiger partial charge >= 0.3 is 0 Å². The first-order valence-corrected chi connectivity index (χ1v) is 6.97. The van der Waals surface area contributed by atoms with E-state index in [0.29, 0.717) is 5.56 Å². The first-order chi connectivity index (χ1) is 9.70. The fraction of sp³-hybridized carbons (Fsp3) is 0.375. The lowest BCUT2D eigenvalue weighted by Crippen LogP contribution is -2.44. The lowest BCUT2D eigenvalue weighted by molar-refractivity contribution is 0.585. The Morgan fingerprint density at radius 2 is 1.90 bits per heavy atom. The second-order valence-corrected chi connectivity index (χ2v) is 5.30. The molecule has 3 rings (SSSR count). The Kier molecular flexibility index (Phi) is 3.29. The van der Waals surface area contributed by atoms with Crippen LogP contribution in [0.15, 0.2) is 18.2 Å². The van der Waals surface area contributed by atoms with Crippen LogP contribution in [-0.4, -0.2) is 31.2 Å². The first kappa shape index (κ1) is 12.9. The smallest absolute Gasteiger partial charge is 0.147 e. The van der Waals surface area contributed by atoms with Crippen LogP contribution >= 0.6 is 0 Å². The number of nitrogens with one attached hydrogen (secondary N) is 1. The molecule has 1 aliphatic heterocycles. The molecule has 1 aliphatic rings. The van der Waals surface area contributed by atoms with Gasteiger partial charge in [-0.1, -0.05) is 12.1 Å². The van der Waals surface area contributed by atoms with E-state index < -0.39 is 0 Å². The van der Waals surface area contributed by atoms with E-state index in [0.717, 1.165) is 48.5 Å². The molecule has 4 heteroatoms. The van der Waals surface area contributed by atoms with Gasteiger partial charge in [-0.2, -0.15) is 5.26 Å². The molecule has 20 heavy (non-hydrogen) atoms. The SMILES string of the molecule is Cc1ccc(C)c2nc(N3CCNCC3)c(C#N)cc12. The van der Waals surface area contributed by atoms with Gasteiger partial charge in [0.2, 0.25) is 0 Å². The second kappa shape index (κ2) is 5.10. The molecule has 0 amide bonds. The Hall–Kier alpha value is -2.12. The van der Waals surface area contributed by atoms with Crippen LogP contribution in [0.3, 0.4) is 0 Å². The first-order valence-electron chi connectivity index (χ1n) is 6.97. The maximum absolute atomic E-state index is 9.44. The summed E-state index contributed by atoms with van der Waals surface area (Å²) < 4.78 is 0. The number of rotatable bonds is 1. The van der Waals surface area contributed by atoms with Crippen LogP contribution in [0, 0.1) is 25.2 Å². The Bertz CT molecular complexity index is 694. The molecule has 1 fully saturated rings. The van der Waals surface area contributed by atoms with Gasteiger partial charge in [-0.15, -0.1) is 0 Å². The van der Waals surface area contributed by atoms with E-state index >= 15 is 0 Å². The fourth-order valence-corrected chi connectivity index (χ4v) is 2.72. The summed E-state index contributed by atoms with van der Waals surface area (Å²) in [5.41, 5.74) is 4.01. The number of benzene rings is 1. The molecule has 4 nitrogen and oxygen atoms in total. The number of hydrogen-bond donors (Lipinski definition) is 1. The van der Waals surface area contributed by atoms with E-state index in [4.69, 9.17) is 4.98 Å². The Morgan fingerprint density at radius 1 is 1.20 bits per heavy atom. The van der Waals surface area contributed by atoms with Crippen molar-refractivity contribution in [1.29, 1.82) is 5.26 Å². The van der Waals surface area contributed by atoms with Crippen LogP contribution < -0.4 is 10.2 Å². The van der Waals surface area contributed by atoms with Crippen LogP contribution in [0.25, 0.3) is 10.9 Å². The summed E-state index contributed by atoms with van der Waals surface area (Å²) in [6.45, 7) is 7.82. The van der Waals surface area contributed by atoms with Gasteiger partial charge in [-0.05, 0) is 31.0 Å². The molecule has 0 radical (unpaired) electrons. The highest BCUT2D eigenvalue weighted by atomic mass is 15.2. The third-order valence-electron chi connectivity index (χ3n) is 3.92. The molecule has 0 aliphatic carbocycles. The van der Waals surface area contributed by atoms with Crippen molar-refractivity contribution < 1.29 is 0 Å². The lowest BCUT2D eigenvalue weighted by Gasteiger charge is -2.29. The standard InChI is InChI=1S/C16H18N4/c1-11-3-4-12(2)15-14(11)9-13(10-17)16(19-15)20-7-5-18-6-8-20/h3-4,9,18H,5-8H2,1-2H3. The fourth-order valence-electron chi connectivity index (χ4n) is 2.72. The summed E-state index contributed by atoms with van der Waals surface area (Å²) >= 11 is 0. The van der Waals surface area contributed by atoms with Crippen LogP contribution in [0.2, 0.25) is 0 Å². The molecule has 1 aromatic heterocycles. The van der Waals surface area contributed by atoms with Gasteiger partial charge in [-0.3, -0.25) is 0 Å². The molecule has 1 aromatic carbocycles. The molecule has 0 unspecified atom stereocenters. The molecule has 1 N–H and O–H groups in total. The van der Waals surface area contributed by atoms with Gasteiger partial charge in [0, 0.05) is 31.6 Å². The Morgan fingerprint density at radius 3 is 2.60 bits per heavy atom. The van der Waals surface area contributed by atoms with Gasteiger partial charge < -0.3 is 10.2 Å². The Labute approximate surface area is 119 Å². The third kappa shape index (κ3) is 2.10. The zero-order chi connectivity index (χ0) is 14.1. The highest BCUT2D eigenvalue weighted by molar-refractivity contribution is 5.88. The number of piperazine rings is 1. The number of nitrogens with zero attached hydrogens (tertiary/aromatic N) is 3. The summed E-state index contributed by atoms with van der Waals surface area (Å²) in [4.78, 5) is 7.01. The molecule has 102 valence electrons. The second-order valence-electron chi connectivity index (χ2n) is 5.30. The highest BCUT2D eigenvalue weighted by Crippen LogP contribution is 2.27. The van der Waals surface area contributed by atoms with Crippen molar-refractivity contribution >= 4 is 16.7 Å². The summed E-state index contributed by atoms with van der Waals surface area (Å²) in [7, 11) is 0. The molecule has 1 saturated heterocycles. The maximum Gasteiger partial charge on any atom is 0.147 e. The number of aromatic nitrogens is 1. The van der Waals surface area contributed by atoms with Crippen molar-refractivity contribution in [2.75, 3.05) is 31.1 Å². The van der Waals surface area contributed by atoms with Gasteiger partial charge in [0.25, 0.3) is 0 Å². The van der Waals surface area contributed by atoms with Crippen LogP contribution in [-0.2, 0) is 0 Å². The van der Waals surface area contributed by atoms with Crippen molar-refractivity contribution in [2.45, 2.75) is 13.8 Å². The molecule has 0 bridgehead atoms. The molecule has 2 aromatic rings. The largest absolute Gasteiger partial charge is 0.353 e. The predicted octanol–water partition coefficient (Wildman–Crippen LogP) is 2.13. The number of aryl methyl sites for hydroxylation is 2. The van der Waals surface area contributed by atoms with E-state index in [1.165, 1.54) is 5.56 Å². The van der Waals surface area contributed by atoms with Crippen molar-refractivity contribution in [3.8, 4) is 6.07 Å². The van der Waals surface area contributed by atoms with Gasteiger partial charge in [-0.25, -0.2) is 4.98 Å². The highest BCUT2D eigenvalue weighted by Gasteiger charge is 2.17. The molecule has 0 spiro atoms. The Balaban J connectivity index is 2.21. The zero-order valence-corrected chi connectivity index (χ0v) is 11.9. The molecule has 0 atom stereocenters. The van der Waals surface area contributed by atoms with E-state index in [1.54, 1.807) is 0 Å². The minimum atomic E-state index is 0.674. The number of fused-ring (bicyclic) bond motifs is 1. The minimum absolute atomic E-state index is 0.674. The van der Waals surface area contributed by atoms with E-state index in [1.807, 2.05) is 6.07 Å². The van der Waals surface area contributed by atoms with Gasteiger partial charge in [0.05, 0.1) is 11.1 Å². The summed E-state index contributed by atoms with van der Waals surface area (Å²) in [6, 6.07) is 8.48. The van der Waals surface area contributed by atoms with E-state index in [2.05, 4.69) is 42.3 Å². The number of pyridine rings is 1. The van der Waals surface area contributed by atoms with Crippen LogP contribution in [0.1, 0.15) is 16.7 Å². The number of nitriles is 1. The topological polar surface area (TPSA) is 52.0 Å². The van der Waals surface area contributed by atoms with Gasteiger partial charge in [0.1, 0.15) is 11.9 Å². The van der Waals surface area contributed by atoms with Crippen molar-refractivity contribution in [2.24, 2.45) is 0 Å². The van der Waals surface area contributed by atoms with E-state index in [9.17, 15) is 5.26 Å². The normalized spacial score (nSPS) is 15.3. The van der Waals surface area contributed by atoms with Crippen molar-refractivity contribution in [3.63, 3.8) is 0 Å². The van der Waals surface area contributed by atoms with Gasteiger partial charge in [0.15, 0.2) is 0 Å². The third-order valence-corrected chi connectivity index (χ3v) is 3.92. The number of hydrogen-bond acceptors (Lipinski definition) is 4. The monoisotopic (exact) mass is 266 g/mol. The minimum Gasteiger partial charge on any atom is -0.353 e. The van der Waals surface area contributed by atoms with Crippen molar-refractivity contribution in [3.05, 3.63) is 34.9 Å². The average molecular weight is 266 g/mol. The molecule has 2 heterocycles. The van der Waals surface area contributed by atoms with Crippen LogP contribution in [0.5, 0.6) is 0 Å². The summed E-state index contributed by atoms with van der Waals surface area (Å²) in [5.74, 6) is 0.829. The lowest BCUT2D eigenvalue weighted by atomic mass is 10.0. The molecular formula is C16H18N4. The average Bonchev–Trinajstić information content (AvgIpc) is 2.51. The van der Waals surface area contributed by atoms with Crippen molar-refractivity contribution in [1.82, 2.24) is 10.3 Å².